The zero-order valence-electron chi connectivity index (χ0n) is 12.0. The minimum Gasteiger partial charge on any atom is -0.313 e. The molecular formula is C15H18ClN5. The van der Waals surface area contributed by atoms with E-state index in [-0.39, 0.29) is 0 Å². The Hall–Kier alpha value is -1.88. The topological polar surface area (TPSA) is 48.5 Å². The number of aromatic nitrogens is 5. The lowest BCUT2D eigenvalue weighted by Crippen LogP contribution is -2.08. The van der Waals surface area contributed by atoms with Crippen molar-refractivity contribution in [1.82, 2.24) is 24.3 Å². The Balaban J connectivity index is 1.84. The van der Waals surface area contributed by atoms with Crippen LogP contribution in [0.4, 0.5) is 0 Å². The average Bonchev–Trinajstić information content (AvgIpc) is 3.09. The van der Waals surface area contributed by atoms with Gasteiger partial charge >= 0.3 is 0 Å². The second-order valence-corrected chi connectivity index (χ2v) is 5.42. The number of halogens is 1. The molecule has 0 saturated carbocycles. The van der Waals surface area contributed by atoms with Crippen molar-refractivity contribution in [3.05, 3.63) is 42.1 Å². The molecule has 0 unspecified atom stereocenters. The molecule has 3 aromatic heterocycles. The highest BCUT2D eigenvalue weighted by Gasteiger charge is 2.12. The summed E-state index contributed by atoms with van der Waals surface area (Å²) in [5.74, 6) is 1.59. The fourth-order valence-electron chi connectivity index (χ4n) is 2.52. The second-order valence-electron chi connectivity index (χ2n) is 5.04. The van der Waals surface area contributed by atoms with Crippen LogP contribution in [0.2, 0.25) is 0 Å². The van der Waals surface area contributed by atoms with Crippen molar-refractivity contribution in [3.8, 4) is 0 Å². The lowest BCUT2D eigenvalue weighted by molar-refractivity contribution is 0.523. The Morgan fingerprint density at radius 1 is 1.24 bits per heavy atom. The Bertz CT molecular complexity index is 717. The van der Waals surface area contributed by atoms with Crippen molar-refractivity contribution >= 4 is 22.8 Å². The number of pyridine rings is 1. The summed E-state index contributed by atoms with van der Waals surface area (Å²) < 4.78 is 4.13. The van der Waals surface area contributed by atoms with Crippen molar-refractivity contribution in [2.75, 3.05) is 5.88 Å². The highest BCUT2D eigenvalue weighted by atomic mass is 35.5. The van der Waals surface area contributed by atoms with E-state index >= 15 is 0 Å². The van der Waals surface area contributed by atoms with Gasteiger partial charge in [-0.05, 0) is 31.0 Å². The van der Waals surface area contributed by atoms with Crippen molar-refractivity contribution in [3.63, 3.8) is 0 Å². The summed E-state index contributed by atoms with van der Waals surface area (Å²) in [4.78, 5) is 9.21. The van der Waals surface area contributed by atoms with E-state index in [1.807, 2.05) is 29.2 Å². The Morgan fingerprint density at radius 2 is 2.14 bits per heavy atom. The van der Waals surface area contributed by atoms with Gasteiger partial charge in [0.2, 0.25) is 0 Å². The van der Waals surface area contributed by atoms with Gasteiger partial charge in [0.25, 0.3) is 0 Å². The van der Waals surface area contributed by atoms with Gasteiger partial charge in [-0.25, -0.2) is 9.97 Å². The molecule has 0 bridgehead atoms. The maximum atomic E-state index is 5.90. The molecule has 0 saturated heterocycles. The molecular weight excluding hydrogens is 286 g/mol. The van der Waals surface area contributed by atoms with Crippen LogP contribution in [-0.4, -0.2) is 30.2 Å². The van der Waals surface area contributed by atoms with Gasteiger partial charge in [0, 0.05) is 44.0 Å². The zero-order chi connectivity index (χ0) is 14.7. The molecule has 0 aromatic carbocycles. The van der Waals surface area contributed by atoms with Gasteiger partial charge < -0.3 is 4.57 Å². The molecule has 0 aliphatic rings. The maximum absolute atomic E-state index is 5.90. The Kier molecular flexibility index (Phi) is 4.20. The number of fused-ring (bicyclic) bond motifs is 1. The maximum Gasteiger partial charge on any atom is 0.160 e. The highest BCUT2D eigenvalue weighted by molar-refractivity contribution is 6.17. The predicted molar refractivity (Wildman–Crippen MR) is 83.5 cm³/mol. The molecule has 110 valence electrons. The van der Waals surface area contributed by atoms with Crippen LogP contribution < -0.4 is 0 Å². The monoisotopic (exact) mass is 303 g/mol. The standard InChI is InChI=1S/C15H18ClN5/c1-12-5-8-17-15-14(12)19-13(4-6-16)21(15)11-3-10-20-9-2-7-18-20/h2,5,7-9H,3-4,6,10-11H2,1H3. The van der Waals surface area contributed by atoms with Crippen LogP contribution in [0.15, 0.2) is 30.7 Å². The third kappa shape index (κ3) is 2.93. The number of aryl methyl sites for hydroxylation is 4. The molecule has 0 amide bonds. The van der Waals surface area contributed by atoms with Crippen LogP contribution in [0.25, 0.3) is 11.2 Å². The third-order valence-electron chi connectivity index (χ3n) is 3.56. The molecule has 0 fully saturated rings. The molecule has 3 heterocycles. The van der Waals surface area contributed by atoms with E-state index in [1.54, 1.807) is 6.20 Å². The molecule has 6 heteroatoms. The molecule has 3 rings (SSSR count). The molecule has 0 aliphatic heterocycles. The predicted octanol–water partition coefficient (Wildman–Crippen LogP) is 2.81. The molecule has 3 aromatic rings. The van der Waals surface area contributed by atoms with Crippen LogP contribution in [0.1, 0.15) is 17.8 Å². The SMILES string of the molecule is Cc1ccnc2c1nc(CCCl)n2CCCn1cccn1. The molecule has 5 nitrogen and oxygen atoms in total. The fourth-order valence-corrected chi connectivity index (χ4v) is 2.69. The lowest BCUT2D eigenvalue weighted by Gasteiger charge is -2.08. The molecule has 0 radical (unpaired) electrons. The van der Waals surface area contributed by atoms with E-state index in [0.29, 0.717) is 5.88 Å². The van der Waals surface area contributed by atoms with Crippen LogP contribution in [0.5, 0.6) is 0 Å². The quantitative estimate of drug-likeness (QED) is 0.658. The summed E-state index contributed by atoms with van der Waals surface area (Å²) in [6.07, 6.45) is 7.37. The van der Waals surface area contributed by atoms with Crippen LogP contribution in [-0.2, 0) is 19.5 Å². The first-order valence-electron chi connectivity index (χ1n) is 7.13. The summed E-state index contributed by atoms with van der Waals surface area (Å²) in [7, 11) is 0. The molecule has 21 heavy (non-hydrogen) atoms. The lowest BCUT2D eigenvalue weighted by atomic mass is 10.3. The van der Waals surface area contributed by atoms with Crippen LogP contribution >= 0.6 is 11.6 Å². The molecule has 0 atom stereocenters. The van der Waals surface area contributed by atoms with Crippen LogP contribution in [0, 0.1) is 6.92 Å². The van der Waals surface area contributed by atoms with Gasteiger partial charge in [0.05, 0.1) is 0 Å². The number of hydrogen-bond acceptors (Lipinski definition) is 3. The third-order valence-corrected chi connectivity index (χ3v) is 3.75. The van der Waals surface area contributed by atoms with Gasteiger partial charge in [0.15, 0.2) is 5.65 Å². The van der Waals surface area contributed by atoms with Gasteiger partial charge in [-0.2, -0.15) is 5.10 Å². The fraction of sp³-hybridized carbons (Fsp3) is 0.400. The average molecular weight is 304 g/mol. The van der Waals surface area contributed by atoms with E-state index in [1.165, 1.54) is 0 Å². The zero-order valence-corrected chi connectivity index (χ0v) is 12.8. The smallest absolute Gasteiger partial charge is 0.160 e. The second kappa shape index (κ2) is 6.26. The minimum absolute atomic E-state index is 0.571. The van der Waals surface area contributed by atoms with Crippen molar-refractivity contribution in [2.45, 2.75) is 32.9 Å². The Labute approximate surface area is 128 Å². The van der Waals surface area contributed by atoms with E-state index in [0.717, 1.165) is 48.5 Å². The number of nitrogens with zero attached hydrogens (tertiary/aromatic N) is 5. The van der Waals surface area contributed by atoms with E-state index in [9.17, 15) is 0 Å². The number of alkyl halides is 1. The van der Waals surface area contributed by atoms with Crippen molar-refractivity contribution in [2.24, 2.45) is 0 Å². The van der Waals surface area contributed by atoms with E-state index in [4.69, 9.17) is 16.6 Å². The normalized spacial score (nSPS) is 11.3. The summed E-state index contributed by atoms with van der Waals surface area (Å²) >= 11 is 5.90. The van der Waals surface area contributed by atoms with Crippen LogP contribution in [0.3, 0.4) is 0 Å². The minimum atomic E-state index is 0.571. The first-order chi connectivity index (χ1) is 10.3. The molecule has 0 aliphatic carbocycles. The summed E-state index contributed by atoms with van der Waals surface area (Å²) in [5, 5.41) is 4.23. The number of rotatable bonds is 6. The van der Waals surface area contributed by atoms with Gasteiger partial charge in [-0.1, -0.05) is 0 Å². The van der Waals surface area contributed by atoms with Gasteiger partial charge in [-0.15, -0.1) is 11.6 Å². The Morgan fingerprint density at radius 3 is 2.90 bits per heavy atom. The molecule has 0 spiro atoms. The molecule has 0 N–H and O–H groups in total. The number of hydrogen-bond donors (Lipinski definition) is 0. The van der Waals surface area contributed by atoms with Crippen molar-refractivity contribution < 1.29 is 0 Å². The summed E-state index contributed by atoms with van der Waals surface area (Å²) in [5.41, 5.74) is 3.09. The first-order valence-corrected chi connectivity index (χ1v) is 7.67. The highest BCUT2D eigenvalue weighted by Crippen LogP contribution is 2.18. The first kappa shape index (κ1) is 14.1. The van der Waals surface area contributed by atoms with Crippen molar-refractivity contribution in [1.29, 1.82) is 0 Å². The summed E-state index contributed by atoms with van der Waals surface area (Å²) in [6, 6.07) is 3.93. The summed E-state index contributed by atoms with van der Waals surface area (Å²) in [6.45, 7) is 3.83. The van der Waals surface area contributed by atoms with E-state index < -0.39 is 0 Å². The van der Waals surface area contributed by atoms with Gasteiger partial charge in [-0.3, -0.25) is 4.68 Å². The largest absolute Gasteiger partial charge is 0.313 e. The van der Waals surface area contributed by atoms with Gasteiger partial charge in [0.1, 0.15) is 11.3 Å². The number of imidazole rings is 1. The van der Waals surface area contributed by atoms with E-state index in [2.05, 4.69) is 21.6 Å².